The number of aryl methyl sites for hydroxylation is 1. The van der Waals surface area contributed by atoms with Crippen molar-refractivity contribution in [3.8, 4) is 22.5 Å². The van der Waals surface area contributed by atoms with Crippen LogP contribution in [-0.4, -0.2) is 36.0 Å². The van der Waals surface area contributed by atoms with Crippen molar-refractivity contribution in [2.24, 2.45) is 0 Å². The highest BCUT2D eigenvalue weighted by Gasteiger charge is 2.34. The zero-order chi connectivity index (χ0) is 22.3. The number of nitrogens with zero attached hydrogens (tertiary/aromatic N) is 4. The number of aromatic nitrogens is 4. The van der Waals surface area contributed by atoms with Crippen LogP contribution in [-0.2, 0) is 12.2 Å². The second kappa shape index (κ2) is 7.68. The average Bonchev–Trinajstić information content (AvgIpc) is 3.18. The lowest BCUT2D eigenvalue weighted by atomic mass is 9.92. The summed E-state index contributed by atoms with van der Waals surface area (Å²) < 4.78 is 28.5. The second-order valence-electron chi connectivity index (χ2n) is 7.52. The first-order valence-electron chi connectivity index (χ1n) is 9.54. The molecule has 0 fully saturated rings. The Bertz CT molecular complexity index is 1250. The molecule has 0 aliphatic heterocycles. The summed E-state index contributed by atoms with van der Waals surface area (Å²) in [6.45, 7) is 2.76. The van der Waals surface area contributed by atoms with Crippen molar-refractivity contribution in [3.63, 3.8) is 0 Å². The quantitative estimate of drug-likeness (QED) is 0.453. The fourth-order valence-electron chi connectivity index (χ4n) is 3.36. The van der Waals surface area contributed by atoms with E-state index in [0.29, 0.717) is 33.9 Å². The molecule has 0 saturated heterocycles. The van der Waals surface area contributed by atoms with Gasteiger partial charge < -0.3 is 15.9 Å². The Morgan fingerprint density at radius 1 is 1.16 bits per heavy atom. The van der Waals surface area contributed by atoms with E-state index < -0.39 is 12.0 Å². The van der Waals surface area contributed by atoms with Crippen molar-refractivity contribution in [1.29, 1.82) is 0 Å². The third-order valence-corrected chi connectivity index (χ3v) is 5.32. The SMILES string of the molecule is Cc1ccc(C(C)(O)C(F)F)cc1-c1cnc2c(N)nc(-c3ccc(CO)nc3)cn12. The molecule has 7 nitrogen and oxygen atoms in total. The molecule has 4 aromatic rings. The van der Waals surface area contributed by atoms with Crippen LogP contribution in [0.25, 0.3) is 28.2 Å². The average molecular weight is 425 g/mol. The molecule has 3 heterocycles. The number of fused-ring (bicyclic) bond motifs is 1. The van der Waals surface area contributed by atoms with Gasteiger partial charge in [0, 0.05) is 23.5 Å². The van der Waals surface area contributed by atoms with Gasteiger partial charge in [0.1, 0.15) is 5.60 Å². The van der Waals surface area contributed by atoms with Gasteiger partial charge in [0.05, 0.1) is 29.9 Å². The molecule has 3 aromatic heterocycles. The van der Waals surface area contributed by atoms with Crippen molar-refractivity contribution in [1.82, 2.24) is 19.4 Å². The molecule has 0 aliphatic rings. The Labute approximate surface area is 176 Å². The number of aliphatic hydroxyl groups is 2. The number of rotatable bonds is 5. The van der Waals surface area contributed by atoms with E-state index in [1.54, 1.807) is 47.3 Å². The summed E-state index contributed by atoms with van der Waals surface area (Å²) in [4.78, 5) is 12.9. The molecule has 0 aliphatic carbocycles. The highest BCUT2D eigenvalue weighted by atomic mass is 19.3. The molecule has 4 N–H and O–H groups in total. The highest BCUT2D eigenvalue weighted by molar-refractivity contribution is 5.74. The monoisotopic (exact) mass is 425 g/mol. The van der Waals surface area contributed by atoms with E-state index in [-0.39, 0.29) is 18.0 Å². The van der Waals surface area contributed by atoms with Crippen LogP contribution >= 0.6 is 0 Å². The maximum absolute atomic E-state index is 13.4. The van der Waals surface area contributed by atoms with Gasteiger partial charge in [-0.1, -0.05) is 12.1 Å². The van der Waals surface area contributed by atoms with E-state index in [4.69, 9.17) is 5.73 Å². The Balaban J connectivity index is 1.88. The lowest BCUT2D eigenvalue weighted by Gasteiger charge is -2.23. The number of nitrogens with two attached hydrogens (primary N) is 1. The summed E-state index contributed by atoms with van der Waals surface area (Å²) in [6.07, 6.45) is 1.97. The van der Waals surface area contributed by atoms with Gasteiger partial charge in [-0.2, -0.15) is 0 Å². The van der Waals surface area contributed by atoms with Crippen molar-refractivity contribution >= 4 is 11.5 Å². The standard InChI is InChI=1S/C22H21F2N5O2/c1-12-3-5-14(22(2,31)21(23)24)7-16(12)18-9-27-20-19(25)28-17(10-29(18)20)13-4-6-15(11-30)26-8-13/h3-10,21,30-31H,11H2,1-2H3,(H2,25,28). The van der Waals surface area contributed by atoms with Crippen LogP contribution in [0.3, 0.4) is 0 Å². The Hall–Kier alpha value is -3.43. The summed E-state index contributed by atoms with van der Waals surface area (Å²) in [7, 11) is 0. The number of benzene rings is 1. The number of imidazole rings is 1. The normalized spacial score (nSPS) is 13.6. The number of nitrogen functional groups attached to an aromatic ring is 1. The molecule has 1 unspecified atom stereocenters. The van der Waals surface area contributed by atoms with E-state index in [1.165, 1.54) is 6.07 Å². The molecule has 160 valence electrons. The molecule has 0 bridgehead atoms. The van der Waals surface area contributed by atoms with Crippen LogP contribution in [0.1, 0.15) is 23.7 Å². The van der Waals surface area contributed by atoms with Crippen molar-refractivity contribution in [3.05, 3.63) is 65.7 Å². The molecular formula is C22H21F2N5O2. The summed E-state index contributed by atoms with van der Waals surface area (Å²) in [5, 5.41) is 19.4. The summed E-state index contributed by atoms with van der Waals surface area (Å²) >= 11 is 0. The van der Waals surface area contributed by atoms with Gasteiger partial charge in [-0.15, -0.1) is 0 Å². The molecule has 0 radical (unpaired) electrons. The number of halogens is 2. The van der Waals surface area contributed by atoms with Crippen molar-refractivity contribution in [2.45, 2.75) is 32.5 Å². The fourth-order valence-corrected chi connectivity index (χ4v) is 3.36. The van der Waals surface area contributed by atoms with Gasteiger partial charge >= 0.3 is 0 Å². The van der Waals surface area contributed by atoms with Gasteiger partial charge in [-0.05, 0) is 43.2 Å². The Kier molecular flexibility index (Phi) is 5.16. The largest absolute Gasteiger partial charge is 0.390 e. The minimum absolute atomic E-state index is 0.101. The smallest absolute Gasteiger partial charge is 0.270 e. The first-order valence-corrected chi connectivity index (χ1v) is 9.54. The topological polar surface area (TPSA) is 110 Å². The predicted molar refractivity (Wildman–Crippen MR) is 112 cm³/mol. The van der Waals surface area contributed by atoms with Crippen LogP contribution in [0.4, 0.5) is 14.6 Å². The van der Waals surface area contributed by atoms with E-state index >= 15 is 0 Å². The number of alkyl halides is 2. The maximum Gasteiger partial charge on any atom is 0.270 e. The minimum atomic E-state index is -2.94. The van der Waals surface area contributed by atoms with Crippen LogP contribution in [0.15, 0.2) is 48.9 Å². The Morgan fingerprint density at radius 3 is 2.58 bits per heavy atom. The lowest BCUT2D eigenvalue weighted by Crippen LogP contribution is -2.30. The third kappa shape index (κ3) is 3.62. The van der Waals surface area contributed by atoms with Crippen molar-refractivity contribution < 1.29 is 19.0 Å². The zero-order valence-corrected chi connectivity index (χ0v) is 16.9. The van der Waals surface area contributed by atoms with Crippen molar-refractivity contribution in [2.75, 3.05) is 5.73 Å². The molecule has 31 heavy (non-hydrogen) atoms. The Morgan fingerprint density at radius 2 is 1.94 bits per heavy atom. The first kappa shape index (κ1) is 20.8. The van der Waals surface area contributed by atoms with E-state index in [1.807, 2.05) is 6.92 Å². The molecule has 0 amide bonds. The highest BCUT2D eigenvalue weighted by Crippen LogP contribution is 2.34. The maximum atomic E-state index is 13.4. The zero-order valence-electron chi connectivity index (χ0n) is 16.9. The van der Waals surface area contributed by atoms with E-state index in [0.717, 1.165) is 12.5 Å². The van der Waals surface area contributed by atoms with Gasteiger partial charge in [0.2, 0.25) is 0 Å². The molecular weight excluding hydrogens is 404 g/mol. The summed E-state index contributed by atoms with van der Waals surface area (Å²) in [6, 6.07) is 8.17. The number of aliphatic hydroxyl groups excluding tert-OH is 1. The molecule has 0 saturated carbocycles. The van der Waals surface area contributed by atoms with Crippen LogP contribution in [0.5, 0.6) is 0 Å². The van der Waals surface area contributed by atoms with Gasteiger partial charge in [-0.25, -0.2) is 18.7 Å². The molecule has 1 aromatic carbocycles. The van der Waals surface area contributed by atoms with E-state index in [2.05, 4.69) is 15.0 Å². The first-order chi connectivity index (χ1) is 14.7. The van der Waals surface area contributed by atoms with Gasteiger partial charge in [-0.3, -0.25) is 9.38 Å². The summed E-state index contributed by atoms with van der Waals surface area (Å²) in [5.74, 6) is 0.198. The molecule has 1 atom stereocenters. The fraction of sp³-hybridized carbons (Fsp3) is 0.227. The van der Waals surface area contributed by atoms with Crippen LogP contribution < -0.4 is 5.73 Å². The molecule has 9 heteroatoms. The van der Waals surface area contributed by atoms with Gasteiger partial charge in [0.15, 0.2) is 11.5 Å². The number of hydrogen-bond acceptors (Lipinski definition) is 6. The molecule has 4 rings (SSSR count). The lowest BCUT2D eigenvalue weighted by molar-refractivity contribution is -0.0883. The number of pyridine rings is 1. The van der Waals surface area contributed by atoms with Gasteiger partial charge in [0.25, 0.3) is 6.43 Å². The third-order valence-electron chi connectivity index (χ3n) is 5.32. The van der Waals surface area contributed by atoms with Crippen LogP contribution in [0.2, 0.25) is 0 Å². The summed E-state index contributed by atoms with van der Waals surface area (Å²) in [5.41, 5.74) is 8.20. The number of hydrogen-bond donors (Lipinski definition) is 3. The van der Waals surface area contributed by atoms with Crippen LogP contribution in [0, 0.1) is 6.92 Å². The second-order valence-corrected chi connectivity index (χ2v) is 7.52. The minimum Gasteiger partial charge on any atom is -0.390 e. The predicted octanol–water partition coefficient (Wildman–Crippen LogP) is 3.31. The number of anilines is 1. The molecule has 0 spiro atoms. The van der Waals surface area contributed by atoms with E-state index in [9.17, 15) is 19.0 Å².